The molecule has 0 fully saturated rings. The van der Waals surface area contributed by atoms with Crippen LogP contribution >= 0.6 is 0 Å². The maximum absolute atomic E-state index is 13.4. The van der Waals surface area contributed by atoms with Gasteiger partial charge in [-0.25, -0.2) is 4.39 Å². The van der Waals surface area contributed by atoms with Crippen molar-refractivity contribution in [3.05, 3.63) is 59.8 Å². The van der Waals surface area contributed by atoms with Gasteiger partial charge in [-0.1, -0.05) is 0 Å². The minimum absolute atomic E-state index is 0.0179. The van der Waals surface area contributed by atoms with E-state index < -0.39 is 24.6 Å². The summed E-state index contributed by atoms with van der Waals surface area (Å²) in [5.74, 6) is -0.786. The highest BCUT2D eigenvalue weighted by atomic mass is 19.4. The fraction of sp³-hybridized carbons (Fsp3) is 0.263. The Labute approximate surface area is 157 Å². The molecule has 0 aliphatic heterocycles. The summed E-state index contributed by atoms with van der Waals surface area (Å²) in [5, 5.41) is 3.39. The fourth-order valence-corrected chi connectivity index (χ4v) is 2.78. The molecule has 3 rings (SSSR count). The molecule has 0 unspecified atom stereocenters. The first-order chi connectivity index (χ1) is 13.1. The number of benzene rings is 1. The van der Waals surface area contributed by atoms with Gasteiger partial charge in [0.05, 0.1) is 29.0 Å². The maximum Gasteiger partial charge on any atom is 0.422 e. The quantitative estimate of drug-likeness (QED) is 0.661. The lowest BCUT2D eigenvalue weighted by molar-refractivity contribution is -0.153. The molecular weight excluding hydrogens is 378 g/mol. The van der Waals surface area contributed by atoms with Gasteiger partial charge in [0.25, 0.3) is 5.91 Å². The highest BCUT2D eigenvalue weighted by Gasteiger charge is 2.28. The van der Waals surface area contributed by atoms with Gasteiger partial charge in [-0.2, -0.15) is 13.2 Å². The molecule has 2 aromatic heterocycles. The fourth-order valence-electron chi connectivity index (χ4n) is 2.78. The SMILES string of the molecule is C[C@@H](NC(=O)c1cn(C)c2cc(F)ccc12)c1ccc(OCC(F)(F)F)cn1. The molecule has 0 saturated carbocycles. The minimum Gasteiger partial charge on any atom is -0.483 e. The van der Waals surface area contributed by atoms with Gasteiger partial charge >= 0.3 is 6.18 Å². The summed E-state index contributed by atoms with van der Waals surface area (Å²) in [6.45, 7) is 0.295. The number of amides is 1. The Morgan fingerprint density at radius 3 is 2.68 bits per heavy atom. The van der Waals surface area contributed by atoms with Gasteiger partial charge in [0.2, 0.25) is 0 Å². The van der Waals surface area contributed by atoms with Crippen LogP contribution in [0.4, 0.5) is 17.6 Å². The Morgan fingerprint density at radius 2 is 2.04 bits per heavy atom. The third-order valence-corrected chi connectivity index (χ3v) is 4.15. The number of hydrogen-bond donors (Lipinski definition) is 1. The summed E-state index contributed by atoms with van der Waals surface area (Å²) < 4.78 is 56.2. The molecular formula is C19H17F4N3O2. The molecule has 0 saturated heterocycles. The molecule has 0 aliphatic rings. The Morgan fingerprint density at radius 1 is 1.29 bits per heavy atom. The second-order valence-corrected chi connectivity index (χ2v) is 6.33. The van der Waals surface area contributed by atoms with Gasteiger partial charge in [-0.3, -0.25) is 9.78 Å². The van der Waals surface area contributed by atoms with Gasteiger partial charge < -0.3 is 14.6 Å². The highest BCUT2D eigenvalue weighted by Crippen LogP contribution is 2.23. The number of halogens is 4. The van der Waals surface area contributed by atoms with Crippen LogP contribution < -0.4 is 10.1 Å². The van der Waals surface area contributed by atoms with Crippen molar-refractivity contribution >= 4 is 16.8 Å². The van der Waals surface area contributed by atoms with Crippen molar-refractivity contribution in [2.24, 2.45) is 7.05 Å². The zero-order valence-electron chi connectivity index (χ0n) is 15.0. The van der Waals surface area contributed by atoms with E-state index >= 15 is 0 Å². The number of hydrogen-bond acceptors (Lipinski definition) is 3. The molecule has 0 radical (unpaired) electrons. The van der Waals surface area contributed by atoms with E-state index in [0.717, 1.165) is 0 Å². The number of aromatic nitrogens is 2. The van der Waals surface area contributed by atoms with E-state index in [4.69, 9.17) is 0 Å². The van der Waals surface area contributed by atoms with Crippen molar-refractivity contribution < 1.29 is 27.1 Å². The lowest BCUT2D eigenvalue weighted by Gasteiger charge is -2.14. The van der Waals surface area contributed by atoms with Crippen LogP contribution in [0.25, 0.3) is 10.9 Å². The first kappa shape index (κ1) is 19.7. The smallest absolute Gasteiger partial charge is 0.422 e. The number of rotatable bonds is 5. The van der Waals surface area contributed by atoms with Crippen molar-refractivity contribution in [1.29, 1.82) is 0 Å². The summed E-state index contributed by atoms with van der Waals surface area (Å²) in [5.41, 5.74) is 1.43. The number of fused-ring (bicyclic) bond motifs is 1. The zero-order chi connectivity index (χ0) is 20.5. The third-order valence-electron chi connectivity index (χ3n) is 4.15. The van der Waals surface area contributed by atoms with E-state index in [0.29, 0.717) is 22.2 Å². The van der Waals surface area contributed by atoms with Crippen molar-refractivity contribution in [3.8, 4) is 5.75 Å². The number of ether oxygens (including phenoxy) is 1. The van der Waals surface area contributed by atoms with E-state index in [9.17, 15) is 22.4 Å². The van der Waals surface area contributed by atoms with Crippen molar-refractivity contribution in [2.45, 2.75) is 19.1 Å². The van der Waals surface area contributed by atoms with E-state index in [2.05, 4.69) is 15.0 Å². The Bertz CT molecular complexity index is 997. The molecule has 1 aromatic carbocycles. The van der Waals surface area contributed by atoms with Gasteiger partial charge in [0.15, 0.2) is 6.61 Å². The number of nitrogens with zero attached hydrogens (tertiary/aromatic N) is 2. The van der Waals surface area contributed by atoms with Crippen LogP contribution in [-0.4, -0.2) is 28.2 Å². The zero-order valence-corrected chi connectivity index (χ0v) is 15.0. The second kappa shape index (κ2) is 7.49. The molecule has 0 bridgehead atoms. The molecule has 1 N–H and O–H groups in total. The molecule has 0 spiro atoms. The summed E-state index contributed by atoms with van der Waals surface area (Å²) >= 11 is 0. The average molecular weight is 395 g/mol. The Hall–Kier alpha value is -3.10. The molecule has 1 atom stereocenters. The molecule has 0 aliphatic carbocycles. The molecule has 148 valence electrons. The first-order valence-corrected chi connectivity index (χ1v) is 8.35. The van der Waals surface area contributed by atoms with Crippen molar-refractivity contribution in [1.82, 2.24) is 14.9 Å². The summed E-state index contributed by atoms with van der Waals surface area (Å²) in [7, 11) is 1.71. The van der Waals surface area contributed by atoms with Crippen LogP contribution in [-0.2, 0) is 7.05 Å². The second-order valence-electron chi connectivity index (χ2n) is 6.33. The van der Waals surface area contributed by atoms with Crippen LogP contribution in [0.2, 0.25) is 0 Å². The Balaban J connectivity index is 1.71. The largest absolute Gasteiger partial charge is 0.483 e. The van der Waals surface area contributed by atoms with Crippen molar-refractivity contribution in [3.63, 3.8) is 0 Å². The number of carbonyl (C=O) groups is 1. The van der Waals surface area contributed by atoms with Crippen LogP contribution in [0, 0.1) is 5.82 Å². The van der Waals surface area contributed by atoms with Crippen molar-refractivity contribution in [2.75, 3.05) is 6.61 Å². The number of nitrogens with one attached hydrogen (secondary N) is 1. The van der Waals surface area contributed by atoms with E-state index in [1.807, 2.05) is 0 Å². The van der Waals surface area contributed by atoms with Gasteiger partial charge in [0, 0.05) is 18.6 Å². The summed E-state index contributed by atoms with van der Waals surface area (Å²) in [6, 6.07) is 6.50. The first-order valence-electron chi connectivity index (χ1n) is 8.35. The number of alkyl halides is 3. The van der Waals surface area contributed by atoms with Gasteiger partial charge in [0.1, 0.15) is 11.6 Å². The van der Waals surface area contributed by atoms with E-state index in [1.165, 1.54) is 36.5 Å². The van der Waals surface area contributed by atoms with Gasteiger partial charge in [-0.05, 0) is 37.3 Å². The third kappa shape index (κ3) is 4.41. The predicted molar refractivity (Wildman–Crippen MR) is 94.5 cm³/mol. The average Bonchev–Trinajstić information content (AvgIpc) is 2.96. The molecule has 3 aromatic rings. The number of pyridine rings is 1. The number of aryl methyl sites for hydroxylation is 1. The molecule has 1 amide bonds. The van der Waals surface area contributed by atoms with Crippen LogP contribution in [0.1, 0.15) is 29.0 Å². The topological polar surface area (TPSA) is 56.2 Å². The summed E-state index contributed by atoms with van der Waals surface area (Å²) in [6.07, 6.45) is -1.65. The lowest BCUT2D eigenvalue weighted by Crippen LogP contribution is -2.27. The monoisotopic (exact) mass is 395 g/mol. The highest BCUT2D eigenvalue weighted by molar-refractivity contribution is 6.07. The van der Waals surface area contributed by atoms with Crippen LogP contribution in [0.5, 0.6) is 5.75 Å². The molecule has 9 heteroatoms. The predicted octanol–water partition coefficient (Wildman–Crippen LogP) is 4.14. The number of carbonyl (C=O) groups excluding carboxylic acids is 1. The van der Waals surface area contributed by atoms with Crippen LogP contribution in [0.3, 0.4) is 0 Å². The van der Waals surface area contributed by atoms with Crippen LogP contribution in [0.15, 0.2) is 42.7 Å². The van der Waals surface area contributed by atoms with E-state index in [-0.39, 0.29) is 11.7 Å². The maximum atomic E-state index is 13.4. The van der Waals surface area contributed by atoms with E-state index in [1.54, 1.807) is 24.7 Å². The molecule has 28 heavy (non-hydrogen) atoms. The molecule has 5 nitrogen and oxygen atoms in total. The molecule has 2 heterocycles. The normalized spacial score (nSPS) is 12.8. The standard InChI is InChI=1S/C19H17F4N3O2/c1-11(16-6-4-13(8-24-16)28-10-19(21,22)23)25-18(27)15-9-26(2)17-7-12(20)3-5-14(15)17/h3-9,11H,10H2,1-2H3,(H,25,27)/t11-/m1/s1. The minimum atomic E-state index is -4.43. The van der Waals surface area contributed by atoms with Gasteiger partial charge in [-0.15, -0.1) is 0 Å². The Kier molecular flexibility index (Phi) is 5.26. The summed E-state index contributed by atoms with van der Waals surface area (Å²) in [4.78, 5) is 16.7. The lowest BCUT2D eigenvalue weighted by atomic mass is 10.1.